The molecule has 1 rings (SSSR count). The molecule has 5 heteroatoms. The molecule has 1 heterocycles. The Balaban J connectivity index is 2.69. The van der Waals surface area contributed by atoms with E-state index in [-0.39, 0.29) is 6.54 Å². The number of ketones is 1. The molecule has 2 N–H and O–H groups in total. The van der Waals surface area contributed by atoms with Crippen LogP contribution in [0.25, 0.3) is 0 Å². The molecule has 0 saturated heterocycles. The maximum atomic E-state index is 10.4. The molecule has 1 atom stereocenters. The SMILES string of the molecule is O=C1CN=CN(O)C1O. The molecule has 0 fully saturated rings. The minimum absolute atomic E-state index is 0.0573. The van der Waals surface area contributed by atoms with Gasteiger partial charge in [-0.1, -0.05) is 0 Å². The van der Waals surface area contributed by atoms with Crippen molar-refractivity contribution in [2.75, 3.05) is 6.54 Å². The van der Waals surface area contributed by atoms with Crippen molar-refractivity contribution in [1.29, 1.82) is 0 Å². The van der Waals surface area contributed by atoms with Gasteiger partial charge in [0.2, 0.25) is 12.0 Å². The van der Waals surface area contributed by atoms with E-state index < -0.39 is 12.0 Å². The Bertz CT molecular complexity index is 156. The van der Waals surface area contributed by atoms with Crippen LogP contribution in [0.3, 0.4) is 0 Å². The zero-order valence-electron chi connectivity index (χ0n) is 4.56. The van der Waals surface area contributed by atoms with Gasteiger partial charge in [0.1, 0.15) is 12.9 Å². The number of Topliss-reactive ketones (excluding diaryl/α,β-unsaturated/α-hetero) is 1. The second kappa shape index (κ2) is 2.12. The number of carbonyl (C=O) groups is 1. The molecular weight excluding hydrogens is 124 g/mol. The average Bonchev–Trinajstić information content (AvgIpc) is 1.83. The van der Waals surface area contributed by atoms with Crippen molar-refractivity contribution >= 4 is 12.1 Å². The maximum Gasteiger partial charge on any atom is 0.213 e. The average molecular weight is 130 g/mol. The molecule has 0 aliphatic carbocycles. The summed E-state index contributed by atoms with van der Waals surface area (Å²) in [6.45, 7) is -0.0573. The number of aliphatic imine (C=N–C) groups is 1. The van der Waals surface area contributed by atoms with Crippen molar-refractivity contribution in [3.05, 3.63) is 0 Å². The molecule has 0 aromatic rings. The van der Waals surface area contributed by atoms with Crippen molar-refractivity contribution in [1.82, 2.24) is 5.06 Å². The highest BCUT2D eigenvalue weighted by atomic mass is 16.5. The molecule has 0 bridgehead atoms. The lowest BCUT2D eigenvalue weighted by Gasteiger charge is -2.19. The van der Waals surface area contributed by atoms with Crippen molar-refractivity contribution in [2.24, 2.45) is 4.99 Å². The predicted octanol–water partition coefficient (Wildman–Crippen LogP) is -1.39. The summed E-state index contributed by atoms with van der Waals surface area (Å²) in [4.78, 5) is 13.9. The summed E-state index contributed by atoms with van der Waals surface area (Å²) in [5.74, 6) is -0.500. The Morgan fingerprint density at radius 3 is 3.00 bits per heavy atom. The number of hydroxylamine groups is 2. The van der Waals surface area contributed by atoms with Crippen molar-refractivity contribution < 1.29 is 15.1 Å². The van der Waals surface area contributed by atoms with Gasteiger partial charge in [-0.3, -0.25) is 15.0 Å². The summed E-state index contributed by atoms with van der Waals surface area (Å²) in [6.07, 6.45) is -0.422. The van der Waals surface area contributed by atoms with E-state index in [1.165, 1.54) is 0 Å². The van der Waals surface area contributed by atoms with Crippen LogP contribution in [0.1, 0.15) is 0 Å². The van der Waals surface area contributed by atoms with Crippen LogP contribution in [0.2, 0.25) is 0 Å². The first-order valence-corrected chi connectivity index (χ1v) is 2.40. The largest absolute Gasteiger partial charge is 0.365 e. The van der Waals surface area contributed by atoms with E-state index in [2.05, 4.69) is 4.99 Å². The zero-order valence-corrected chi connectivity index (χ0v) is 4.56. The van der Waals surface area contributed by atoms with E-state index in [1.54, 1.807) is 0 Å². The molecule has 0 aromatic heterocycles. The van der Waals surface area contributed by atoms with Crippen molar-refractivity contribution in [3.63, 3.8) is 0 Å². The van der Waals surface area contributed by atoms with Crippen LogP contribution < -0.4 is 0 Å². The Hall–Kier alpha value is -0.940. The Kier molecular flexibility index (Phi) is 1.46. The molecule has 1 unspecified atom stereocenters. The summed E-state index contributed by atoms with van der Waals surface area (Å²) < 4.78 is 0. The van der Waals surface area contributed by atoms with Gasteiger partial charge >= 0.3 is 0 Å². The van der Waals surface area contributed by atoms with Gasteiger partial charge in [-0.2, -0.15) is 0 Å². The lowest BCUT2D eigenvalue weighted by Crippen LogP contribution is -2.42. The van der Waals surface area contributed by atoms with E-state index in [0.29, 0.717) is 5.06 Å². The lowest BCUT2D eigenvalue weighted by atomic mass is 10.3. The van der Waals surface area contributed by atoms with Gasteiger partial charge in [-0.25, -0.2) is 5.06 Å². The van der Waals surface area contributed by atoms with Crippen LogP contribution in [-0.4, -0.2) is 40.3 Å². The molecule has 0 radical (unpaired) electrons. The van der Waals surface area contributed by atoms with Gasteiger partial charge in [0.05, 0.1) is 0 Å². The van der Waals surface area contributed by atoms with Gasteiger partial charge in [0.25, 0.3) is 0 Å². The quantitative estimate of drug-likeness (QED) is 0.423. The van der Waals surface area contributed by atoms with Gasteiger partial charge < -0.3 is 5.11 Å². The highest BCUT2D eigenvalue weighted by Crippen LogP contribution is 1.96. The predicted molar refractivity (Wildman–Crippen MR) is 28.0 cm³/mol. The zero-order chi connectivity index (χ0) is 6.85. The van der Waals surface area contributed by atoms with Gasteiger partial charge in [-0.05, 0) is 0 Å². The first-order valence-electron chi connectivity index (χ1n) is 2.40. The number of aliphatic hydroxyl groups is 1. The third-order valence-electron chi connectivity index (χ3n) is 0.986. The number of aliphatic hydroxyl groups excluding tert-OH is 1. The lowest BCUT2D eigenvalue weighted by molar-refractivity contribution is -0.163. The van der Waals surface area contributed by atoms with Gasteiger partial charge in [0, 0.05) is 0 Å². The summed E-state index contributed by atoms with van der Waals surface area (Å²) in [6, 6.07) is 0. The Morgan fingerprint density at radius 2 is 2.56 bits per heavy atom. The normalized spacial score (nSPS) is 27.1. The molecule has 1 aliphatic rings. The number of rotatable bonds is 0. The molecule has 9 heavy (non-hydrogen) atoms. The molecule has 5 nitrogen and oxygen atoms in total. The van der Waals surface area contributed by atoms with Crippen LogP contribution in [0.4, 0.5) is 0 Å². The monoisotopic (exact) mass is 130 g/mol. The fourth-order valence-corrected chi connectivity index (χ4v) is 0.507. The smallest absolute Gasteiger partial charge is 0.213 e. The second-order valence-corrected chi connectivity index (χ2v) is 1.68. The van der Waals surface area contributed by atoms with Gasteiger partial charge in [0.15, 0.2) is 0 Å². The standard InChI is InChI=1S/C4H6N2O3/c7-3-1-5-2-6(9)4(3)8/h2,4,8-9H,1H2. The van der Waals surface area contributed by atoms with Crippen LogP contribution in [0.5, 0.6) is 0 Å². The Morgan fingerprint density at radius 1 is 1.89 bits per heavy atom. The molecule has 0 aromatic carbocycles. The summed E-state index contributed by atoms with van der Waals surface area (Å²) >= 11 is 0. The third-order valence-corrected chi connectivity index (χ3v) is 0.986. The van der Waals surface area contributed by atoms with Crippen molar-refractivity contribution in [3.8, 4) is 0 Å². The van der Waals surface area contributed by atoms with E-state index in [1.807, 2.05) is 0 Å². The molecule has 0 amide bonds. The first-order chi connectivity index (χ1) is 4.22. The van der Waals surface area contributed by atoms with Crippen LogP contribution >= 0.6 is 0 Å². The summed E-state index contributed by atoms with van der Waals surface area (Å²) in [5, 5.41) is 17.6. The second-order valence-electron chi connectivity index (χ2n) is 1.68. The molecule has 0 spiro atoms. The maximum absolute atomic E-state index is 10.4. The number of nitrogens with zero attached hydrogens (tertiary/aromatic N) is 2. The number of hydrogen-bond acceptors (Lipinski definition) is 5. The number of hydrogen-bond donors (Lipinski definition) is 2. The fourth-order valence-electron chi connectivity index (χ4n) is 0.507. The molecule has 1 aliphatic heterocycles. The van der Waals surface area contributed by atoms with E-state index in [0.717, 1.165) is 6.34 Å². The van der Waals surface area contributed by atoms with E-state index in [4.69, 9.17) is 10.3 Å². The minimum Gasteiger partial charge on any atom is -0.365 e. The highest BCUT2D eigenvalue weighted by molar-refractivity contribution is 5.88. The van der Waals surface area contributed by atoms with Crippen LogP contribution in [0.15, 0.2) is 4.99 Å². The molecule has 50 valence electrons. The minimum atomic E-state index is -1.43. The molecular formula is C4H6N2O3. The Labute approximate surface area is 51.2 Å². The number of carbonyl (C=O) groups excluding carboxylic acids is 1. The van der Waals surface area contributed by atoms with Crippen LogP contribution in [-0.2, 0) is 4.79 Å². The van der Waals surface area contributed by atoms with E-state index in [9.17, 15) is 4.79 Å². The first kappa shape index (κ1) is 6.18. The van der Waals surface area contributed by atoms with Crippen molar-refractivity contribution in [2.45, 2.75) is 6.23 Å². The topological polar surface area (TPSA) is 73.1 Å². The summed E-state index contributed by atoms with van der Waals surface area (Å²) in [7, 11) is 0. The van der Waals surface area contributed by atoms with E-state index >= 15 is 0 Å². The summed E-state index contributed by atoms with van der Waals surface area (Å²) in [5.41, 5.74) is 0. The highest BCUT2D eigenvalue weighted by Gasteiger charge is 2.22. The molecule has 0 saturated carbocycles. The third kappa shape index (κ3) is 1.06. The van der Waals surface area contributed by atoms with Gasteiger partial charge in [-0.15, -0.1) is 0 Å². The fraction of sp³-hybridized carbons (Fsp3) is 0.500. The van der Waals surface area contributed by atoms with Crippen LogP contribution in [0, 0.1) is 0 Å².